The lowest BCUT2D eigenvalue weighted by Crippen LogP contribution is -2.32. The van der Waals surface area contributed by atoms with E-state index >= 15 is 0 Å². The molecule has 0 saturated heterocycles. The summed E-state index contributed by atoms with van der Waals surface area (Å²) in [6, 6.07) is 0.0669. The molecule has 1 aromatic heterocycles. The molecule has 0 fully saturated rings. The molecule has 0 aliphatic rings. The van der Waals surface area contributed by atoms with Crippen molar-refractivity contribution in [3.63, 3.8) is 0 Å². The lowest BCUT2D eigenvalue weighted by atomic mass is 10.1. The zero-order valence-electron chi connectivity index (χ0n) is 11.0. The molecule has 0 aliphatic heterocycles. The molecule has 0 saturated carbocycles. The van der Waals surface area contributed by atoms with Crippen LogP contribution >= 0.6 is 0 Å². The summed E-state index contributed by atoms with van der Waals surface area (Å²) in [5.74, 6) is -3.79. The van der Waals surface area contributed by atoms with Gasteiger partial charge < -0.3 is 15.0 Å². The van der Waals surface area contributed by atoms with Crippen molar-refractivity contribution in [1.29, 1.82) is 0 Å². The molecule has 0 aliphatic carbocycles. The third kappa shape index (κ3) is 5.83. The number of ether oxygens (including phenoxy) is 1. The van der Waals surface area contributed by atoms with Crippen LogP contribution in [0.3, 0.4) is 0 Å². The highest BCUT2D eigenvalue weighted by molar-refractivity contribution is 4.85. The molecule has 2 N–H and O–H groups in total. The fourth-order valence-electron chi connectivity index (χ4n) is 1.37. The first-order chi connectivity index (χ1) is 9.31. The molecular formula is C11H17F4N3O2. The monoisotopic (exact) mass is 299 g/mol. The second-order valence-corrected chi connectivity index (χ2v) is 4.53. The number of nitrogens with two attached hydrogens (primary N) is 1. The quantitative estimate of drug-likeness (QED) is 0.707. The molecule has 9 heteroatoms. The summed E-state index contributed by atoms with van der Waals surface area (Å²) in [7, 11) is 0. The zero-order valence-corrected chi connectivity index (χ0v) is 11.0. The average Bonchev–Trinajstić information content (AvgIpc) is 2.76. The van der Waals surface area contributed by atoms with E-state index in [9.17, 15) is 17.6 Å². The molecule has 0 bridgehead atoms. The number of rotatable bonds is 9. The fourth-order valence-corrected chi connectivity index (χ4v) is 1.37. The van der Waals surface area contributed by atoms with Gasteiger partial charge in [-0.2, -0.15) is 13.8 Å². The normalized spacial score (nSPS) is 13.9. The van der Waals surface area contributed by atoms with E-state index < -0.39 is 25.6 Å². The van der Waals surface area contributed by atoms with Crippen LogP contribution in [0.1, 0.15) is 31.5 Å². The molecule has 0 radical (unpaired) electrons. The van der Waals surface area contributed by atoms with Gasteiger partial charge >= 0.3 is 12.3 Å². The van der Waals surface area contributed by atoms with E-state index in [0.717, 1.165) is 12.8 Å². The summed E-state index contributed by atoms with van der Waals surface area (Å²) in [5.41, 5.74) is 5.57. The van der Waals surface area contributed by atoms with Crippen LogP contribution in [0.15, 0.2) is 4.52 Å². The van der Waals surface area contributed by atoms with Gasteiger partial charge in [0.05, 0.1) is 0 Å². The highest BCUT2D eigenvalue weighted by atomic mass is 19.3. The summed E-state index contributed by atoms with van der Waals surface area (Å²) in [5, 5.41) is 3.50. The minimum atomic E-state index is -4.18. The lowest BCUT2D eigenvalue weighted by molar-refractivity contribution is -0.168. The van der Waals surface area contributed by atoms with Crippen molar-refractivity contribution in [3.8, 4) is 0 Å². The van der Waals surface area contributed by atoms with E-state index in [1.807, 2.05) is 6.92 Å². The van der Waals surface area contributed by atoms with Crippen molar-refractivity contribution in [3.05, 3.63) is 11.7 Å². The topological polar surface area (TPSA) is 74.2 Å². The van der Waals surface area contributed by atoms with Gasteiger partial charge in [-0.05, 0) is 19.8 Å². The summed E-state index contributed by atoms with van der Waals surface area (Å²) >= 11 is 0. The number of aromatic nitrogens is 2. The molecule has 0 spiro atoms. The average molecular weight is 299 g/mol. The Hall–Kier alpha value is -1.22. The van der Waals surface area contributed by atoms with Gasteiger partial charge in [-0.25, -0.2) is 8.78 Å². The Morgan fingerprint density at radius 1 is 1.40 bits per heavy atom. The second kappa shape index (κ2) is 7.53. The van der Waals surface area contributed by atoms with Crippen molar-refractivity contribution in [2.45, 2.75) is 51.2 Å². The maximum absolute atomic E-state index is 12.5. The van der Waals surface area contributed by atoms with E-state index in [4.69, 9.17) is 10.3 Å². The van der Waals surface area contributed by atoms with Gasteiger partial charge in [0.15, 0.2) is 5.82 Å². The van der Waals surface area contributed by atoms with Gasteiger partial charge in [0, 0.05) is 12.5 Å². The van der Waals surface area contributed by atoms with Gasteiger partial charge in [-0.15, -0.1) is 0 Å². The Balaban J connectivity index is 2.30. The summed E-state index contributed by atoms with van der Waals surface area (Å²) in [4.78, 5) is 3.90. The van der Waals surface area contributed by atoms with Crippen molar-refractivity contribution in [2.24, 2.45) is 5.73 Å². The van der Waals surface area contributed by atoms with E-state index in [0.29, 0.717) is 12.3 Å². The van der Waals surface area contributed by atoms with Crippen LogP contribution in [0.2, 0.25) is 0 Å². The van der Waals surface area contributed by atoms with E-state index in [2.05, 4.69) is 14.9 Å². The molecule has 0 aromatic carbocycles. The largest absolute Gasteiger partial charge is 0.367 e. The third-order valence-corrected chi connectivity index (χ3v) is 2.41. The molecule has 1 heterocycles. The first-order valence-corrected chi connectivity index (χ1v) is 6.12. The van der Waals surface area contributed by atoms with E-state index in [-0.39, 0.29) is 11.9 Å². The minimum absolute atomic E-state index is 0.0471. The predicted octanol–water partition coefficient (Wildman–Crippen LogP) is 2.16. The van der Waals surface area contributed by atoms with Crippen LogP contribution in [0, 0.1) is 0 Å². The summed E-state index contributed by atoms with van der Waals surface area (Å²) in [6.45, 7) is 0.0780. The second-order valence-electron chi connectivity index (χ2n) is 4.53. The van der Waals surface area contributed by atoms with Crippen LogP contribution in [0.4, 0.5) is 17.6 Å². The van der Waals surface area contributed by atoms with E-state index in [1.54, 1.807) is 0 Å². The lowest BCUT2D eigenvalue weighted by Gasteiger charge is -2.14. The highest BCUT2D eigenvalue weighted by Crippen LogP contribution is 2.23. The first-order valence-electron chi connectivity index (χ1n) is 6.12. The van der Waals surface area contributed by atoms with Crippen LogP contribution in [-0.4, -0.2) is 35.1 Å². The van der Waals surface area contributed by atoms with E-state index in [1.165, 1.54) is 0 Å². The Morgan fingerprint density at radius 2 is 2.10 bits per heavy atom. The summed E-state index contributed by atoms with van der Waals surface area (Å²) in [6.07, 6.45) is -1.71. The molecular weight excluding hydrogens is 282 g/mol. The number of halogens is 4. The molecule has 5 nitrogen and oxygen atoms in total. The molecule has 0 amide bonds. The molecule has 1 aromatic rings. The molecule has 1 unspecified atom stereocenters. The summed E-state index contributed by atoms with van der Waals surface area (Å²) < 4.78 is 58.1. The zero-order chi connectivity index (χ0) is 15.2. The van der Waals surface area contributed by atoms with Crippen LogP contribution in [0.25, 0.3) is 0 Å². The molecule has 1 atom stereocenters. The maximum atomic E-state index is 12.5. The van der Waals surface area contributed by atoms with Crippen molar-refractivity contribution < 1.29 is 26.8 Å². The van der Waals surface area contributed by atoms with Crippen molar-refractivity contribution in [2.75, 3.05) is 6.61 Å². The Bertz CT molecular complexity index is 399. The van der Waals surface area contributed by atoms with Gasteiger partial charge in [0.1, 0.15) is 13.2 Å². The van der Waals surface area contributed by atoms with Crippen molar-refractivity contribution >= 4 is 0 Å². The number of hydrogen-bond donors (Lipinski definition) is 1. The fraction of sp³-hybridized carbons (Fsp3) is 0.818. The highest BCUT2D eigenvalue weighted by Gasteiger charge is 2.41. The van der Waals surface area contributed by atoms with Gasteiger partial charge in [0.25, 0.3) is 0 Å². The predicted molar refractivity (Wildman–Crippen MR) is 61.5 cm³/mol. The number of hydrogen-bond acceptors (Lipinski definition) is 5. The Kier molecular flexibility index (Phi) is 6.34. The third-order valence-electron chi connectivity index (χ3n) is 2.41. The van der Waals surface area contributed by atoms with Crippen LogP contribution < -0.4 is 5.73 Å². The Morgan fingerprint density at radius 3 is 2.70 bits per heavy atom. The molecule has 20 heavy (non-hydrogen) atoms. The van der Waals surface area contributed by atoms with Gasteiger partial charge in [-0.3, -0.25) is 0 Å². The van der Waals surface area contributed by atoms with Gasteiger partial charge in [-0.1, -0.05) is 5.16 Å². The van der Waals surface area contributed by atoms with Crippen LogP contribution in [-0.2, 0) is 17.8 Å². The standard InChI is InChI=1S/C11H17F4N3O2/c1-7(16)3-2-4-9-17-8(18-20-9)5-19-6-11(14,15)10(12)13/h7,10H,2-6,16H2,1H3. The SMILES string of the molecule is CC(N)CCCc1nc(COCC(F)(F)C(F)F)no1. The number of alkyl halides is 4. The van der Waals surface area contributed by atoms with Crippen molar-refractivity contribution in [1.82, 2.24) is 10.1 Å². The minimum Gasteiger partial charge on any atom is -0.367 e. The Labute approximate surface area is 113 Å². The maximum Gasteiger partial charge on any atom is 0.330 e. The van der Waals surface area contributed by atoms with Crippen LogP contribution in [0.5, 0.6) is 0 Å². The molecule has 1 rings (SSSR count). The number of aryl methyl sites for hydroxylation is 1. The first kappa shape index (κ1) is 16.8. The smallest absolute Gasteiger partial charge is 0.330 e. The van der Waals surface area contributed by atoms with Gasteiger partial charge in [0.2, 0.25) is 5.89 Å². The molecule has 116 valence electrons. The number of nitrogens with zero attached hydrogens (tertiary/aromatic N) is 2.